The number of nitrogens with zero attached hydrogens (tertiary/aromatic N) is 2. The molecule has 1 unspecified atom stereocenters. The molecule has 0 amide bonds. The van der Waals surface area contributed by atoms with Gasteiger partial charge in [0.05, 0.1) is 17.2 Å². The van der Waals surface area contributed by atoms with Crippen molar-refractivity contribution in [1.82, 2.24) is 15.4 Å². The number of nitrogens with two attached hydrogens (primary N) is 1. The van der Waals surface area contributed by atoms with Crippen molar-refractivity contribution in [2.45, 2.75) is 6.04 Å². The molecule has 0 radical (unpaired) electrons. The highest BCUT2D eigenvalue weighted by atomic mass is 32.1. The summed E-state index contributed by atoms with van der Waals surface area (Å²) in [6.07, 6.45) is 3.52. The predicted molar refractivity (Wildman–Crippen MR) is 55.5 cm³/mol. The van der Waals surface area contributed by atoms with E-state index >= 15 is 0 Å². The van der Waals surface area contributed by atoms with E-state index in [2.05, 4.69) is 15.4 Å². The van der Waals surface area contributed by atoms with Crippen molar-refractivity contribution in [3.63, 3.8) is 0 Å². The van der Waals surface area contributed by atoms with E-state index in [1.807, 2.05) is 17.5 Å². The van der Waals surface area contributed by atoms with Crippen molar-refractivity contribution >= 4 is 11.3 Å². The highest BCUT2D eigenvalue weighted by Gasteiger charge is 2.13. The van der Waals surface area contributed by atoms with Gasteiger partial charge in [-0.1, -0.05) is 6.07 Å². The van der Waals surface area contributed by atoms with Gasteiger partial charge in [0.2, 0.25) is 0 Å². The fourth-order valence-corrected chi connectivity index (χ4v) is 1.84. The first kappa shape index (κ1) is 9.26. The molecule has 0 aliphatic carbocycles. The molecule has 1 atom stereocenters. The standard InChI is InChI=1S/C9H10N4S/c10-13-9(8-5-14-6-12-8)7-2-1-3-11-4-7/h1-6,9,13H,10H2. The number of hydrogen-bond acceptors (Lipinski definition) is 5. The van der Waals surface area contributed by atoms with E-state index in [0.29, 0.717) is 0 Å². The number of hydrogen-bond donors (Lipinski definition) is 2. The normalized spacial score (nSPS) is 12.6. The molecule has 2 aromatic rings. The Morgan fingerprint density at radius 1 is 1.50 bits per heavy atom. The first-order chi connectivity index (χ1) is 6.92. The van der Waals surface area contributed by atoms with E-state index in [0.717, 1.165) is 11.3 Å². The third-order valence-corrected chi connectivity index (χ3v) is 2.54. The van der Waals surface area contributed by atoms with Crippen LogP contribution < -0.4 is 11.3 Å². The van der Waals surface area contributed by atoms with Gasteiger partial charge in [0.25, 0.3) is 0 Å². The second-order valence-corrected chi connectivity index (χ2v) is 3.52. The lowest BCUT2D eigenvalue weighted by molar-refractivity contribution is 0.622. The SMILES string of the molecule is NNC(c1cccnc1)c1cscn1. The molecule has 0 bridgehead atoms. The van der Waals surface area contributed by atoms with Crippen LogP contribution in [0.15, 0.2) is 35.4 Å². The second-order valence-electron chi connectivity index (χ2n) is 2.80. The van der Waals surface area contributed by atoms with Crippen LogP contribution in [-0.4, -0.2) is 9.97 Å². The van der Waals surface area contributed by atoms with Gasteiger partial charge < -0.3 is 0 Å². The number of aromatic nitrogens is 2. The molecule has 2 aromatic heterocycles. The largest absolute Gasteiger partial charge is 0.271 e. The average molecular weight is 206 g/mol. The molecule has 3 N–H and O–H groups in total. The highest BCUT2D eigenvalue weighted by Crippen LogP contribution is 2.19. The summed E-state index contributed by atoms with van der Waals surface area (Å²) in [6.45, 7) is 0. The van der Waals surface area contributed by atoms with Crippen LogP contribution in [0.1, 0.15) is 17.3 Å². The molecule has 5 heteroatoms. The maximum Gasteiger partial charge on any atom is 0.0904 e. The topological polar surface area (TPSA) is 63.8 Å². The lowest BCUT2D eigenvalue weighted by Gasteiger charge is -2.12. The van der Waals surface area contributed by atoms with E-state index in [9.17, 15) is 0 Å². The summed E-state index contributed by atoms with van der Waals surface area (Å²) < 4.78 is 0. The maximum absolute atomic E-state index is 5.48. The fraction of sp³-hybridized carbons (Fsp3) is 0.111. The number of hydrazine groups is 1. The molecule has 0 aliphatic rings. The summed E-state index contributed by atoms with van der Waals surface area (Å²) in [6, 6.07) is 3.78. The first-order valence-corrected chi connectivity index (χ1v) is 5.10. The Balaban J connectivity index is 2.31. The zero-order valence-corrected chi connectivity index (χ0v) is 8.24. The molecule has 0 saturated carbocycles. The Morgan fingerprint density at radius 3 is 3.00 bits per heavy atom. The van der Waals surface area contributed by atoms with Crippen LogP contribution in [0.3, 0.4) is 0 Å². The van der Waals surface area contributed by atoms with Crippen molar-refractivity contribution < 1.29 is 0 Å². The summed E-state index contributed by atoms with van der Waals surface area (Å²) in [5, 5.41) is 1.97. The number of pyridine rings is 1. The molecule has 0 aromatic carbocycles. The van der Waals surface area contributed by atoms with E-state index in [-0.39, 0.29) is 6.04 Å². The van der Waals surface area contributed by atoms with Gasteiger partial charge in [-0.2, -0.15) is 0 Å². The minimum Gasteiger partial charge on any atom is -0.271 e. The maximum atomic E-state index is 5.48. The quantitative estimate of drug-likeness (QED) is 0.583. The summed E-state index contributed by atoms with van der Waals surface area (Å²) in [5.74, 6) is 5.48. The number of rotatable bonds is 3. The van der Waals surface area contributed by atoms with Crippen molar-refractivity contribution in [2.24, 2.45) is 5.84 Å². The van der Waals surface area contributed by atoms with Gasteiger partial charge in [-0.25, -0.2) is 10.4 Å². The van der Waals surface area contributed by atoms with Gasteiger partial charge in [-0.3, -0.25) is 10.8 Å². The summed E-state index contributed by atoms with van der Waals surface area (Å²) >= 11 is 1.55. The molecule has 72 valence electrons. The Hall–Kier alpha value is -1.30. The fourth-order valence-electron chi connectivity index (χ4n) is 1.26. The molecule has 0 saturated heterocycles. The highest BCUT2D eigenvalue weighted by molar-refractivity contribution is 7.07. The van der Waals surface area contributed by atoms with Gasteiger partial charge in [0, 0.05) is 17.8 Å². The Kier molecular flexibility index (Phi) is 2.83. The van der Waals surface area contributed by atoms with Gasteiger partial charge in [-0.15, -0.1) is 11.3 Å². The Bertz CT molecular complexity index is 373. The molecule has 2 heterocycles. The van der Waals surface area contributed by atoms with Crippen LogP contribution in [0.25, 0.3) is 0 Å². The molecular weight excluding hydrogens is 196 g/mol. The van der Waals surface area contributed by atoms with Gasteiger partial charge >= 0.3 is 0 Å². The van der Waals surface area contributed by atoms with Crippen LogP contribution in [0.5, 0.6) is 0 Å². The van der Waals surface area contributed by atoms with E-state index in [1.54, 1.807) is 29.2 Å². The molecule has 0 aliphatic heterocycles. The zero-order valence-electron chi connectivity index (χ0n) is 7.42. The smallest absolute Gasteiger partial charge is 0.0904 e. The lowest BCUT2D eigenvalue weighted by Crippen LogP contribution is -2.29. The second kappa shape index (κ2) is 4.28. The number of thiazole rings is 1. The van der Waals surface area contributed by atoms with E-state index in [4.69, 9.17) is 5.84 Å². The number of nitrogens with one attached hydrogen (secondary N) is 1. The third kappa shape index (κ3) is 1.79. The summed E-state index contributed by atoms with van der Waals surface area (Å²) in [5.41, 5.74) is 6.45. The van der Waals surface area contributed by atoms with Crippen molar-refractivity contribution in [3.05, 3.63) is 46.7 Å². The molecule has 4 nitrogen and oxygen atoms in total. The van der Waals surface area contributed by atoms with E-state index in [1.165, 1.54) is 0 Å². The third-order valence-electron chi connectivity index (χ3n) is 1.93. The molecule has 0 fully saturated rings. The Morgan fingerprint density at radius 2 is 2.43 bits per heavy atom. The van der Waals surface area contributed by atoms with Crippen LogP contribution >= 0.6 is 11.3 Å². The van der Waals surface area contributed by atoms with Crippen LogP contribution in [-0.2, 0) is 0 Å². The molecule has 14 heavy (non-hydrogen) atoms. The molecular formula is C9H10N4S. The van der Waals surface area contributed by atoms with Crippen molar-refractivity contribution in [2.75, 3.05) is 0 Å². The predicted octanol–water partition coefficient (Wildman–Crippen LogP) is 1.09. The van der Waals surface area contributed by atoms with Gasteiger partial charge in [0.15, 0.2) is 0 Å². The van der Waals surface area contributed by atoms with Crippen molar-refractivity contribution in [1.29, 1.82) is 0 Å². The monoisotopic (exact) mass is 206 g/mol. The van der Waals surface area contributed by atoms with Crippen LogP contribution in [0.4, 0.5) is 0 Å². The minimum absolute atomic E-state index is 0.0741. The van der Waals surface area contributed by atoms with Crippen LogP contribution in [0.2, 0.25) is 0 Å². The summed E-state index contributed by atoms with van der Waals surface area (Å²) in [7, 11) is 0. The minimum atomic E-state index is -0.0741. The lowest BCUT2D eigenvalue weighted by atomic mass is 10.1. The van der Waals surface area contributed by atoms with Crippen molar-refractivity contribution in [3.8, 4) is 0 Å². The average Bonchev–Trinajstić information content (AvgIpc) is 2.74. The Labute approximate surface area is 85.8 Å². The summed E-state index contributed by atoms with van der Waals surface area (Å²) in [4.78, 5) is 8.26. The van der Waals surface area contributed by atoms with Crippen LogP contribution in [0, 0.1) is 0 Å². The zero-order chi connectivity index (χ0) is 9.80. The molecule has 0 spiro atoms. The first-order valence-electron chi connectivity index (χ1n) is 4.16. The van der Waals surface area contributed by atoms with Gasteiger partial charge in [-0.05, 0) is 11.6 Å². The molecule has 2 rings (SSSR count). The van der Waals surface area contributed by atoms with Gasteiger partial charge in [0.1, 0.15) is 0 Å². The van der Waals surface area contributed by atoms with E-state index < -0.39 is 0 Å².